The Balaban J connectivity index is 0.000000720. The maximum Gasteiger partial charge on any atom is 0.0831 e. The molecule has 0 aromatic carbocycles. The van der Waals surface area contributed by atoms with Crippen LogP contribution in [0.1, 0.15) is 12.8 Å². The third kappa shape index (κ3) is 2.96. The first-order valence-electron chi connectivity index (χ1n) is 4.51. The summed E-state index contributed by atoms with van der Waals surface area (Å²) in [4.78, 5) is 2.41. The second-order valence-corrected chi connectivity index (χ2v) is 3.54. The van der Waals surface area contributed by atoms with E-state index in [2.05, 4.69) is 10.2 Å². The Kier molecular flexibility index (Phi) is 6.25. The summed E-state index contributed by atoms with van der Waals surface area (Å²) in [5, 5.41) is 12.8. The van der Waals surface area contributed by atoms with Crippen molar-refractivity contribution in [3.63, 3.8) is 0 Å². The van der Waals surface area contributed by atoms with Crippen LogP contribution in [-0.4, -0.2) is 48.3 Å². The van der Waals surface area contributed by atoms with E-state index in [-0.39, 0.29) is 30.9 Å². The summed E-state index contributed by atoms with van der Waals surface area (Å²) in [6, 6.07) is 0.400. The number of rotatable bonds is 1. The minimum atomic E-state index is -0.131. The van der Waals surface area contributed by atoms with Crippen LogP contribution in [0.15, 0.2) is 0 Å². The van der Waals surface area contributed by atoms with Gasteiger partial charge in [-0.15, -0.1) is 24.8 Å². The maximum absolute atomic E-state index is 9.55. The Morgan fingerprint density at radius 3 is 2.15 bits per heavy atom. The SMILES string of the molecule is Cl.Cl.OC1CNCC1N1CCCC1. The topological polar surface area (TPSA) is 35.5 Å². The third-order valence-electron chi connectivity index (χ3n) is 2.76. The summed E-state index contributed by atoms with van der Waals surface area (Å²) < 4.78 is 0. The van der Waals surface area contributed by atoms with Crippen LogP contribution in [0.2, 0.25) is 0 Å². The highest BCUT2D eigenvalue weighted by atomic mass is 35.5. The van der Waals surface area contributed by atoms with Gasteiger partial charge in [-0.25, -0.2) is 0 Å². The molecule has 2 N–H and O–H groups in total. The van der Waals surface area contributed by atoms with Gasteiger partial charge in [-0.05, 0) is 25.9 Å². The average Bonchev–Trinajstić information content (AvgIpc) is 2.55. The van der Waals surface area contributed by atoms with Gasteiger partial charge in [0, 0.05) is 19.1 Å². The number of β-amino-alcohol motifs (C(OH)–C–C–N with tert-alkyl or cyclic N) is 1. The van der Waals surface area contributed by atoms with Crippen molar-refractivity contribution < 1.29 is 5.11 Å². The molecule has 2 aliphatic heterocycles. The number of aliphatic hydroxyl groups excluding tert-OH is 1. The summed E-state index contributed by atoms with van der Waals surface area (Å²) in [6.45, 7) is 4.12. The maximum atomic E-state index is 9.55. The molecule has 0 aromatic heterocycles. The average molecular weight is 229 g/mol. The fraction of sp³-hybridized carbons (Fsp3) is 1.00. The molecule has 5 heteroatoms. The molecule has 0 aliphatic carbocycles. The van der Waals surface area contributed by atoms with Crippen molar-refractivity contribution in [3.8, 4) is 0 Å². The zero-order chi connectivity index (χ0) is 7.68. The largest absolute Gasteiger partial charge is 0.390 e. The number of halogens is 2. The van der Waals surface area contributed by atoms with E-state index in [9.17, 15) is 5.11 Å². The first kappa shape index (κ1) is 13.5. The van der Waals surface area contributed by atoms with E-state index in [1.54, 1.807) is 0 Å². The molecule has 2 aliphatic rings. The number of hydrogen-bond acceptors (Lipinski definition) is 3. The van der Waals surface area contributed by atoms with Crippen LogP contribution in [0.5, 0.6) is 0 Å². The minimum absolute atomic E-state index is 0. The molecule has 3 nitrogen and oxygen atoms in total. The van der Waals surface area contributed by atoms with Crippen molar-refractivity contribution in [2.24, 2.45) is 0 Å². The highest BCUT2D eigenvalue weighted by Gasteiger charge is 2.31. The van der Waals surface area contributed by atoms with Gasteiger partial charge in [-0.3, -0.25) is 4.90 Å². The molecule has 0 radical (unpaired) electrons. The van der Waals surface area contributed by atoms with Gasteiger partial charge in [0.15, 0.2) is 0 Å². The van der Waals surface area contributed by atoms with E-state index in [4.69, 9.17) is 0 Å². The van der Waals surface area contributed by atoms with E-state index < -0.39 is 0 Å². The molecule has 2 saturated heterocycles. The smallest absolute Gasteiger partial charge is 0.0831 e. The van der Waals surface area contributed by atoms with E-state index in [0.717, 1.165) is 13.1 Å². The van der Waals surface area contributed by atoms with Gasteiger partial charge in [-0.1, -0.05) is 0 Å². The van der Waals surface area contributed by atoms with Gasteiger partial charge in [-0.2, -0.15) is 0 Å². The fourth-order valence-corrected chi connectivity index (χ4v) is 2.10. The minimum Gasteiger partial charge on any atom is -0.390 e. The Morgan fingerprint density at radius 2 is 1.69 bits per heavy atom. The summed E-state index contributed by atoms with van der Waals surface area (Å²) in [6.07, 6.45) is 2.49. The van der Waals surface area contributed by atoms with Crippen molar-refractivity contribution in [1.82, 2.24) is 10.2 Å². The normalized spacial score (nSPS) is 33.9. The van der Waals surface area contributed by atoms with Crippen LogP contribution in [0.4, 0.5) is 0 Å². The lowest BCUT2D eigenvalue weighted by molar-refractivity contribution is 0.0985. The van der Waals surface area contributed by atoms with Crippen LogP contribution >= 0.6 is 24.8 Å². The van der Waals surface area contributed by atoms with Gasteiger partial charge in [0.2, 0.25) is 0 Å². The number of likely N-dealkylation sites (tertiary alicyclic amines) is 1. The number of aliphatic hydroxyl groups is 1. The van der Waals surface area contributed by atoms with Crippen LogP contribution in [0.3, 0.4) is 0 Å². The lowest BCUT2D eigenvalue weighted by atomic mass is 10.2. The Morgan fingerprint density at radius 1 is 1.08 bits per heavy atom. The van der Waals surface area contributed by atoms with E-state index >= 15 is 0 Å². The second kappa shape index (κ2) is 6.04. The molecular formula is C8H18Cl2N2O. The summed E-state index contributed by atoms with van der Waals surface area (Å²) >= 11 is 0. The molecule has 2 rings (SSSR count). The number of hydrogen-bond donors (Lipinski definition) is 2. The number of nitrogens with one attached hydrogen (secondary N) is 1. The highest BCUT2D eigenvalue weighted by molar-refractivity contribution is 5.85. The zero-order valence-corrected chi connectivity index (χ0v) is 9.24. The molecule has 0 aromatic rings. The van der Waals surface area contributed by atoms with E-state index in [0.29, 0.717) is 6.04 Å². The first-order valence-corrected chi connectivity index (χ1v) is 4.51. The van der Waals surface area contributed by atoms with Crippen molar-refractivity contribution in [1.29, 1.82) is 0 Å². The molecule has 2 fully saturated rings. The fourth-order valence-electron chi connectivity index (χ4n) is 2.10. The van der Waals surface area contributed by atoms with Crippen LogP contribution < -0.4 is 5.32 Å². The van der Waals surface area contributed by atoms with Gasteiger partial charge < -0.3 is 10.4 Å². The second-order valence-electron chi connectivity index (χ2n) is 3.54. The van der Waals surface area contributed by atoms with Crippen molar-refractivity contribution >= 4 is 24.8 Å². The van der Waals surface area contributed by atoms with E-state index in [1.807, 2.05) is 0 Å². The van der Waals surface area contributed by atoms with Crippen LogP contribution in [0.25, 0.3) is 0 Å². The summed E-state index contributed by atoms with van der Waals surface area (Å²) in [7, 11) is 0. The molecule has 2 heterocycles. The molecule has 2 unspecified atom stereocenters. The van der Waals surface area contributed by atoms with Crippen molar-refractivity contribution in [3.05, 3.63) is 0 Å². The summed E-state index contributed by atoms with van der Waals surface area (Å²) in [5.74, 6) is 0. The predicted octanol–water partition coefficient (Wildman–Crippen LogP) is 0.258. The first-order chi connectivity index (χ1) is 5.38. The number of nitrogens with zero attached hydrogens (tertiary/aromatic N) is 1. The highest BCUT2D eigenvalue weighted by Crippen LogP contribution is 2.16. The van der Waals surface area contributed by atoms with E-state index in [1.165, 1.54) is 25.9 Å². The molecule has 2 atom stereocenters. The molecule has 0 saturated carbocycles. The molecule has 13 heavy (non-hydrogen) atoms. The van der Waals surface area contributed by atoms with Gasteiger partial charge in [0.1, 0.15) is 0 Å². The Hall–Kier alpha value is 0.460. The van der Waals surface area contributed by atoms with Crippen molar-refractivity contribution in [2.45, 2.75) is 25.0 Å². The lowest BCUT2D eigenvalue weighted by Crippen LogP contribution is -2.41. The molecular weight excluding hydrogens is 211 g/mol. The summed E-state index contributed by atoms with van der Waals surface area (Å²) in [5.41, 5.74) is 0. The monoisotopic (exact) mass is 228 g/mol. The Labute approximate surface area is 91.7 Å². The molecule has 0 spiro atoms. The molecule has 0 bridgehead atoms. The van der Waals surface area contributed by atoms with Crippen molar-refractivity contribution in [2.75, 3.05) is 26.2 Å². The quantitative estimate of drug-likeness (QED) is 0.677. The standard InChI is InChI=1S/C8H16N2O.2ClH/c11-8-6-9-5-7(8)10-3-1-2-4-10;;/h7-9,11H,1-6H2;2*1H. The van der Waals surface area contributed by atoms with Crippen LogP contribution in [-0.2, 0) is 0 Å². The lowest BCUT2D eigenvalue weighted by Gasteiger charge is -2.24. The molecule has 80 valence electrons. The van der Waals surface area contributed by atoms with Crippen LogP contribution in [0, 0.1) is 0 Å². The van der Waals surface area contributed by atoms with Gasteiger partial charge >= 0.3 is 0 Å². The Bertz CT molecular complexity index is 142. The van der Waals surface area contributed by atoms with Gasteiger partial charge in [0.05, 0.1) is 6.10 Å². The third-order valence-corrected chi connectivity index (χ3v) is 2.76. The predicted molar refractivity (Wildman–Crippen MR) is 58.0 cm³/mol. The van der Waals surface area contributed by atoms with Gasteiger partial charge in [0.25, 0.3) is 0 Å². The molecule has 0 amide bonds. The zero-order valence-electron chi connectivity index (χ0n) is 7.61.